The maximum absolute atomic E-state index is 10.9. The lowest BCUT2D eigenvalue weighted by Crippen LogP contribution is -2.33. The van der Waals surface area contributed by atoms with Crippen molar-refractivity contribution in [3.05, 3.63) is 0 Å². The highest BCUT2D eigenvalue weighted by atomic mass is 32.2. The van der Waals surface area contributed by atoms with E-state index < -0.39 is 0 Å². The fourth-order valence-electron chi connectivity index (χ4n) is 0.961. The first kappa shape index (κ1) is 13.8. The summed E-state index contributed by atoms with van der Waals surface area (Å²) < 4.78 is 0.285. The Morgan fingerprint density at radius 3 is 2.57 bits per heavy atom. The summed E-state index contributed by atoms with van der Waals surface area (Å²) in [5.74, 6) is 0.121. The Kier molecular flexibility index (Phi) is 7.01. The number of amides is 1. The summed E-state index contributed by atoms with van der Waals surface area (Å²) in [6.07, 6.45) is 3.64. The second kappa shape index (κ2) is 7.12. The Morgan fingerprint density at radius 1 is 1.43 bits per heavy atom. The van der Waals surface area contributed by atoms with Crippen LogP contribution in [0.5, 0.6) is 0 Å². The zero-order valence-electron chi connectivity index (χ0n) is 9.64. The van der Waals surface area contributed by atoms with Crippen molar-refractivity contribution in [3.8, 4) is 0 Å². The zero-order valence-corrected chi connectivity index (χ0v) is 10.5. The number of hydrogen-bond acceptors (Lipinski definition) is 3. The van der Waals surface area contributed by atoms with Crippen LogP contribution in [0, 0.1) is 0 Å². The molecule has 0 rings (SSSR count). The molecule has 0 aromatic rings. The van der Waals surface area contributed by atoms with Gasteiger partial charge in [0.2, 0.25) is 5.91 Å². The smallest absolute Gasteiger partial charge is 0.219 e. The van der Waals surface area contributed by atoms with Crippen molar-refractivity contribution < 1.29 is 4.79 Å². The molecule has 84 valence electrons. The molecule has 0 unspecified atom stereocenters. The van der Waals surface area contributed by atoms with E-state index in [1.54, 1.807) is 7.05 Å². The van der Waals surface area contributed by atoms with Crippen molar-refractivity contribution in [2.75, 3.05) is 26.4 Å². The fraction of sp³-hybridized carbons (Fsp3) is 0.900. The topological polar surface area (TPSA) is 41.1 Å². The molecule has 0 saturated heterocycles. The van der Waals surface area contributed by atoms with Crippen LogP contribution >= 0.6 is 11.8 Å². The number of rotatable bonds is 7. The Hall–Kier alpha value is -0.220. The third-order valence-corrected chi connectivity index (χ3v) is 3.39. The summed E-state index contributed by atoms with van der Waals surface area (Å²) in [5, 5.41) is 5.97. The van der Waals surface area contributed by atoms with Crippen LogP contribution < -0.4 is 10.6 Å². The summed E-state index contributed by atoms with van der Waals surface area (Å²) in [7, 11) is 1.67. The molecule has 14 heavy (non-hydrogen) atoms. The van der Waals surface area contributed by atoms with Crippen molar-refractivity contribution in [1.82, 2.24) is 10.6 Å². The highest BCUT2D eigenvalue weighted by Crippen LogP contribution is 2.19. The van der Waals surface area contributed by atoms with Gasteiger partial charge >= 0.3 is 0 Å². The number of carbonyl (C=O) groups excluding carboxylic acids is 1. The second-order valence-corrected chi connectivity index (χ2v) is 5.43. The standard InChI is InChI=1S/C10H22N2OS/c1-10(2,14-4)8-12-7-5-6-9(13)11-3/h12H,5-8H2,1-4H3,(H,11,13). The Bertz CT molecular complexity index is 172. The van der Waals surface area contributed by atoms with E-state index in [0.29, 0.717) is 6.42 Å². The van der Waals surface area contributed by atoms with E-state index in [4.69, 9.17) is 0 Å². The maximum Gasteiger partial charge on any atom is 0.219 e. The number of hydrogen-bond donors (Lipinski definition) is 2. The Labute approximate surface area is 91.4 Å². The highest BCUT2D eigenvalue weighted by Gasteiger charge is 2.14. The zero-order chi connectivity index (χ0) is 11.0. The minimum atomic E-state index is 0.121. The number of carbonyl (C=O) groups is 1. The van der Waals surface area contributed by atoms with Gasteiger partial charge in [-0.05, 0) is 33.1 Å². The van der Waals surface area contributed by atoms with Gasteiger partial charge in [0.15, 0.2) is 0 Å². The molecule has 0 atom stereocenters. The molecule has 0 saturated carbocycles. The largest absolute Gasteiger partial charge is 0.359 e. The molecule has 0 aromatic carbocycles. The molecule has 0 spiro atoms. The maximum atomic E-state index is 10.9. The predicted molar refractivity (Wildman–Crippen MR) is 63.8 cm³/mol. The van der Waals surface area contributed by atoms with Gasteiger partial charge in [-0.15, -0.1) is 0 Å². The number of thioether (sulfide) groups is 1. The summed E-state index contributed by atoms with van der Waals surface area (Å²) in [4.78, 5) is 10.9. The van der Waals surface area contributed by atoms with Crippen LogP contribution in [-0.2, 0) is 4.79 Å². The third kappa shape index (κ3) is 7.21. The van der Waals surface area contributed by atoms with Crippen LogP contribution in [-0.4, -0.2) is 37.0 Å². The first-order valence-corrected chi connectivity index (χ1v) is 6.21. The minimum absolute atomic E-state index is 0.121. The molecule has 0 bridgehead atoms. The molecule has 0 aromatic heterocycles. The molecule has 0 fully saturated rings. The molecular weight excluding hydrogens is 196 g/mol. The first-order valence-electron chi connectivity index (χ1n) is 4.98. The van der Waals surface area contributed by atoms with E-state index in [0.717, 1.165) is 19.5 Å². The quantitative estimate of drug-likeness (QED) is 0.632. The average Bonchev–Trinajstić information content (AvgIpc) is 2.17. The van der Waals surface area contributed by atoms with Gasteiger partial charge in [-0.2, -0.15) is 11.8 Å². The molecule has 0 heterocycles. The van der Waals surface area contributed by atoms with Crippen LogP contribution in [0.25, 0.3) is 0 Å². The molecule has 0 aliphatic heterocycles. The van der Waals surface area contributed by atoms with E-state index in [1.165, 1.54) is 0 Å². The average molecular weight is 218 g/mol. The van der Waals surface area contributed by atoms with Crippen LogP contribution in [0.4, 0.5) is 0 Å². The van der Waals surface area contributed by atoms with Gasteiger partial charge in [0.25, 0.3) is 0 Å². The summed E-state index contributed by atoms with van der Waals surface area (Å²) in [6, 6.07) is 0. The van der Waals surface area contributed by atoms with Crippen LogP contribution in [0.15, 0.2) is 0 Å². The van der Waals surface area contributed by atoms with Crippen LogP contribution in [0.3, 0.4) is 0 Å². The van der Waals surface area contributed by atoms with Gasteiger partial charge in [-0.3, -0.25) is 4.79 Å². The molecular formula is C10H22N2OS. The minimum Gasteiger partial charge on any atom is -0.359 e. The molecule has 0 radical (unpaired) electrons. The highest BCUT2D eigenvalue weighted by molar-refractivity contribution is 7.99. The lowest BCUT2D eigenvalue weighted by atomic mass is 10.2. The summed E-state index contributed by atoms with van der Waals surface area (Å²) in [6.45, 7) is 6.33. The van der Waals surface area contributed by atoms with Crippen molar-refractivity contribution in [2.24, 2.45) is 0 Å². The van der Waals surface area contributed by atoms with Gasteiger partial charge in [-0.25, -0.2) is 0 Å². The molecule has 0 aliphatic rings. The van der Waals surface area contributed by atoms with Crippen LogP contribution in [0.2, 0.25) is 0 Å². The SMILES string of the molecule is CNC(=O)CCCNCC(C)(C)SC. The van der Waals surface area contributed by atoms with Crippen LogP contribution in [0.1, 0.15) is 26.7 Å². The van der Waals surface area contributed by atoms with E-state index in [2.05, 4.69) is 30.7 Å². The van der Waals surface area contributed by atoms with Gasteiger partial charge in [0.1, 0.15) is 0 Å². The molecule has 4 heteroatoms. The molecule has 0 aliphatic carbocycles. The van der Waals surface area contributed by atoms with Crippen molar-refractivity contribution >= 4 is 17.7 Å². The molecule has 2 N–H and O–H groups in total. The lowest BCUT2D eigenvalue weighted by molar-refractivity contribution is -0.120. The Balaban J connectivity index is 3.34. The van der Waals surface area contributed by atoms with Crippen molar-refractivity contribution in [2.45, 2.75) is 31.4 Å². The van der Waals surface area contributed by atoms with E-state index in [-0.39, 0.29) is 10.7 Å². The molecule has 3 nitrogen and oxygen atoms in total. The fourth-order valence-corrected chi connectivity index (χ4v) is 1.21. The summed E-state index contributed by atoms with van der Waals surface area (Å²) >= 11 is 1.85. The van der Waals surface area contributed by atoms with Gasteiger partial charge < -0.3 is 10.6 Å². The van der Waals surface area contributed by atoms with E-state index in [1.807, 2.05) is 11.8 Å². The molecule has 1 amide bonds. The van der Waals surface area contributed by atoms with Gasteiger partial charge in [-0.1, -0.05) is 0 Å². The monoisotopic (exact) mass is 218 g/mol. The second-order valence-electron chi connectivity index (χ2n) is 3.92. The normalized spacial score (nSPS) is 11.4. The van der Waals surface area contributed by atoms with Gasteiger partial charge in [0.05, 0.1) is 0 Å². The summed E-state index contributed by atoms with van der Waals surface area (Å²) in [5.41, 5.74) is 0. The van der Waals surface area contributed by atoms with E-state index in [9.17, 15) is 4.79 Å². The predicted octanol–water partition coefficient (Wildman–Crippen LogP) is 1.24. The first-order chi connectivity index (χ1) is 6.52. The van der Waals surface area contributed by atoms with E-state index >= 15 is 0 Å². The lowest BCUT2D eigenvalue weighted by Gasteiger charge is -2.22. The Morgan fingerprint density at radius 2 is 2.07 bits per heavy atom. The number of nitrogens with one attached hydrogen (secondary N) is 2. The van der Waals surface area contributed by atoms with Gasteiger partial charge in [0, 0.05) is 24.8 Å². The third-order valence-electron chi connectivity index (χ3n) is 2.14. The van der Waals surface area contributed by atoms with Crippen molar-refractivity contribution in [3.63, 3.8) is 0 Å². The van der Waals surface area contributed by atoms with Crippen molar-refractivity contribution in [1.29, 1.82) is 0 Å².